The third kappa shape index (κ3) is 10.9. The summed E-state index contributed by atoms with van der Waals surface area (Å²) in [5, 5.41) is 13.6. The van der Waals surface area contributed by atoms with Crippen molar-refractivity contribution < 1.29 is 37.5 Å². The zero-order valence-electron chi connectivity index (χ0n) is 46.8. The first-order valence-corrected chi connectivity index (χ1v) is 29.6. The number of pyridine rings is 1. The normalized spacial score (nSPS) is 21.9. The van der Waals surface area contributed by atoms with Crippen molar-refractivity contribution in [3.63, 3.8) is 0 Å². The number of aryl methyl sites for hydroxylation is 2. The van der Waals surface area contributed by atoms with E-state index in [9.17, 15) is 14.4 Å². The van der Waals surface area contributed by atoms with Crippen molar-refractivity contribution in [1.29, 1.82) is 0 Å². The van der Waals surface area contributed by atoms with Gasteiger partial charge in [-0.25, -0.2) is 14.2 Å². The molecular weight excluding hydrogens is 1050 g/mol. The molecule has 5 aliphatic rings. The highest BCUT2D eigenvalue weighted by atomic mass is 32.1. The molecule has 81 heavy (non-hydrogen) atoms. The van der Waals surface area contributed by atoms with E-state index in [1.165, 1.54) is 0 Å². The number of aromatic nitrogens is 5. The van der Waals surface area contributed by atoms with Crippen LogP contribution in [-0.2, 0) is 20.7 Å². The fourth-order valence-corrected chi connectivity index (χ4v) is 13.5. The Labute approximate surface area is 474 Å². The number of carbonyl (C=O) groups excluding carboxylic acids is 3. The van der Waals surface area contributed by atoms with Crippen LogP contribution in [0.4, 0.5) is 15.0 Å². The van der Waals surface area contributed by atoms with Crippen molar-refractivity contribution in [2.75, 3.05) is 57.9 Å². The standard InChI is InChI=1S/C61H70FN11O7S/c1-7-37-11-8-12-39-13-9-14-46(52(37)39)54-53(62)55-47(26-63-54)57(71-27-41-20-21-42(28-71)66-41)68-60(67-55)77-31-43-22-23-44(70(43)6)32-78-61(76)72-29-45(30-72)79-50-25-49(80-69-50)51(34(2)3)59(75)73-24-10-15-48(73)58(74)65-35(4)38-16-18-40(19-17-38)56-36(5)64-33-81-56/h8-9,11-14,16-19,25-26,33-35,41-45,48,51,66H,7,10,15,20-24,27-32H2,1-6H3,(H,65,74)/t35-,41?,42?,43-,44-,48-,51+/m0/s1. The molecule has 0 aliphatic carbocycles. The zero-order chi connectivity index (χ0) is 56.1. The van der Waals surface area contributed by atoms with Crippen molar-refractivity contribution >= 4 is 56.7 Å². The average molecular weight is 1120 g/mol. The van der Waals surface area contributed by atoms with Crippen molar-refractivity contribution in [2.24, 2.45) is 5.92 Å². The number of rotatable bonds is 17. The lowest BCUT2D eigenvalue weighted by molar-refractivity contribution is -0.141. The van der Waals surface area contributed by atoms with Gasteiger partial charge in [-0.1, -0.05) is 81.4 Å². The number of piperazine rings is 1. The first-order chi connectivity index (χ1) is 39.3. The van der Waals surface area contributed by atoms with Gasteiger partial charge in [-0.05, 0) is 104 Å². The summed E-state index contributed by atoms with van der Waals surface area (Å²) in [4.78, 5) is 69.0. The van der Waals surface area contributed by atoms with E-state index in [0.717, 1.165) is 88.8 Å². The summed E-state index contributed by atoms with van der Waals surface area (Å²) in [7, 11) is 2.00. The minimum atomic E-state index is -0.680. The van der Waals surface area contributed by atoms with E-state index in [4.69, 9.17) is 33.7 Å². The molecule has 5 saturated heterocycles. The van der Waals surface area contributed by atoms with Crippen LogP contribution >= 0.6 is 11.3 Å². The van der Waals surface area contributed by atoms with Crippen LogP contribution < -0.4 is 25.0 Å². The molecule has 2 unspecified atom stereocenters. The number of carbonyl (C=O) groups is 3. The van der Waals surface area contributed by atoms with Gasteiger partial charge in [0.1, 0.15) is 48.3 Å². The van der Waals surface area contributed by atoms with Crippen molar-refractivity contribution in [2.45, 2.75) is 128 Å². The molecule has 5 fully saturated rings. The molecule has 2 N–H and O–H groups in total. The van der Waals surface area contributed by atoms with Gasteiger partial charge in [0.15, 0.2) is 11.6 Å². The molecule has 20 heteroatoms. The van der Waals surface area contributed by atoms with Crippen LogP contribution in [0.15, 0.2) is 83.0 Å². The minimum Gasteiger partial charge on any atom is -0.468 e. The van der Waals surface area contributed by atoms with Gasteiger partial charge in [0.2, 0.25) is 11.8 Å². The van der Waals surface area contributed by atoms with Crippen LogP contribution in [0.3, 0.4) is 0 Å². The molecule has 7 atom stereocenters. The Kier molecular flexibility index (Phi) is 15.4. The number of thiazole rings is 1. The van der Waals surface area contributed by atoms with Gasteiger partial charge in [-0.15, -0.1) is 11.3 Å². The van der Waals surface area contributed by atoms with Crippen LogP contribution in [0.1, 0.15) is 101 Å². The Bertz CT molecular complexity index is 3440. The molecular formula is C61H70FN11O7S. The van der Waals surface area contributed by atoms with E-state index in [1.807, 2.05) is 94.9 Å². The lowest BCUT2D eigenvalue weighted by Crippen LogP contribution is -2.56. The molecule has 9 heterocycles. The molecule has 18 nitrogen and oxygen atoms in total. The van der Waals surface area contributed by atoms with E-state index in [0.29, 0.717) is 61.5 Å². The fourth-order valence-electron chi connectivity index (χ4n) is 12.7. The molecule has 5 aliphatic heterocycles. The van der Waals surface area contributed by atoms with Crippen LogP contribution in [0.5, 0.6) is 11.9 Å². The number of anilines is 1. The average Bonchev–Trinajstić information content (AvgIpc) is 4.49. The predicted octanol–water partition coefficient (Wildman–Crippen LogP) is 9.26. The Hall–Kier alpha value is -7.29. The maximum atomic E-state index is 17.1. The summed E-state index contributed by atoms with van der Waals surface area (Å²) < 4.78 is 41.3. The number of hydrogen-bond acceptors (Lipinski definition) is 16. The summed E-state index contributed by atoms with van der Waals surface area (Å²) in [6.07, 6.45) is 6.76. The third-order valence-corrected chi connectivity index (χ3v) is 18.3. The number of benzene rings is 3. The van der Waals surface area contributed by atoms with E-state index in [1.54, 1.807) is 33.4 Å². The van der Waals surface area contributed by atoms with Crippen LogP contribution in [0.2, 0.25) is 0 Å². The number of amides is 3. The first kappa shape index (κ1) is 54.3. The molecule has 3 aromatic carbocycles. The number of ether oxygens (including phenoxy) is 3. The number of nitrogens with zero attached hydrogens (tertiary/aromatic N) is 9. The lowest BCUT2D eigenvalue weighted by atomic mass is 9.91. The Morgan fingerprint density at radius 3 is 2.40 bits per heavy atom. The molecule has 0 saturated carbocycles. The van der Waals surface area contributed by atoms with Crippen LogP contribution in [0, 0.1) is 18.7 Å². The summed E-state index contributed by atoms with van der Waals surface area (Å²) in [6, 6.07) is 21.7. The highest BCUT2D eigenvalue weighted by Crippen LogP contribution is 2.39. The maximum Gasteiger partial charge on any atom is 0.410 e. The summed E-state index contributed by atoms with van der Waals surface area (Å²) in [6.45, 7) is 12.9. The number of fused-ring (bicyclic) bond motifs is 4. The topological polar surface area (TPSA) is 194 Å². The third-order valence-electron chi connectivity index (χ3n) is 17.3. The summed E-state index contributed by atoms with van der Waals surface area (Å²) >= 11 is 1.60. The number of halogens is 1. The Morgan fingerprint density at radius 2 is 1.67 bits per heavy atom. The number of hydrogen-bond donors (Lipinski definition) is 2. The van der Waals surface area contributed by atoms with E-state index in [-0.39, 0.29) is 78.3 Å². The molecule has 4 aromatic heterocycles. The van der Waals surface area contributed by atoms with Gasteiger partial charge in [0.05, 0.1) is 40.6 Å². The zero-order valence-corrected chi connectivity index (χ0v) is 47.6. The van der Waals surface area contributed by atoms with Gasteiger partial charge in [0.25, 0.3) is 5.88 Å². The number of likely N-dealkylation sites (tertiary alicyclic amines) is 3. The highest BCUT2D eigenvalue weighted by molar-refractivity contribution is 7.13. The fraction of sp³-hybridized carbons (Fsp3) is 0.475. The summed E-state index contributed by atoms with van der Waals surface area (Å²) in [5.41, 5.74) is 7.16. The van der Waals surface area contributed by atoms with E-state index in [2.05, 4.69) is 43.6 Å². The maximum absolute atomic E-state index is 17.1. The van der Waals surface area contributed by atoms with Gasteiger partial charge in [0, 0.05) is 61.6 Å². The highest BCUT2D eigenvalue weighted by Gasteiger charge is 2.42. The second-order valence-corrected chi connectivity index (χ2v) is 23.8. The second kappa shape index (κ2) is 22.9. The quantitative estimate of drug-likeness (QED) is 0.0876. The molecule has 0 radical (unpaired) electrons. The predicted molar refractivity (Wildman–Crippen MR) is 307 cm³/mol. The smallest absolute Gasteiger partial charge is 0.410 e. The van der Waals surface area contributed by atoms with Gasteiger partial charge in [-0.2, -0.15) is 9.97 Å². The monoisotopic (exact) mass is 1120 g/mol. The van der Waals surface area contributed by atoms with Crippen LogP contribution in [0.25, 0.3) is 43.4 Å². The molecule has 424 valence electrons. The lowest BCUT2D eigenvalue weighted by Gasteiger charge is -2.37. The molecule has 3 amide bonds. The largest absolute Gasteiger partial charge is 0.468 e. The van der Waals surface area contributed by atoms with Crippen molar-refractivity contribution in [3.8, 4) is 33.6 Å². The van der Waals surface area contributed by atoms with E-state index < -0.39 is 23.9 Å². The number of nitrogens with one attached hydrogen (secondary N) is 2. The van der Waals surface area contributed by atoms with Crippen LogP contribution in [-0.4, -0.2) is 147 Å². The Morgan fingerprint density at radius 1 is 0.914 bits per heavy atom. The number of likely N-dealkylation sites (N-methyl/N-ethyl adjacent to an activating group) is 1. The molecule has 12 rings (SSSR count). The van der Waals surface area contributed by atoms with Gasteiger partial charge in [-0.3, -0.25) is 19.5 Å². The van der Waals surface area contributed by atoms with Gasteiger partial charge < -0.3 is 44.1 Å². The van der Waals surface area contributed by atoms with Crippen molar-refractivity contribution in [1.82, 2.24) is 50.4 Å². The molecule has 0 spiro atoms. The minimum absolute atomic E-state index is 0.0218. The SMILES string of the molecule is CCc1cccc2cccc(-c3ncc4c(N5CC6CCC(C5)N6)nc(OC[C@@H]5CC[C@@H](COC(=O)N6CC(Oc7cc([C@H](C(=O)N8CCC[C@H]8C(=O)N[C@@H](C)c8ccc(-c9scnc9C)cc8)C(C)C)on7)C6)N5C)nc4c3F)c12. The first-order valence-electron chi connectivity index (χ1n) is 28.7. The second-order valence-electron chi connectivity index (χ2n) is 22.9. The summed E-state index contributed by atoms with van der Waals surface area (Å²) in [5.74, 6) is -0.506. The molecule has 7 aromatic rings. The van der Waals surface area contributed by atoms with Gasteiger partial charge >= 0.3 is 12.1 Å². The molecule has 2 bridgehead atoms. The Balaban J connectivity index is 0.633. The van der Waals surface area contributed by atoms with E-state index >= 15 is 4.39 Å². The van der Waals surface area contributed by atoms with Crippen molar-refractivity contribution in [3.05, 3.63) is 107 Å².